The van der Waals surface area contributed by atoms with E-state index in [0.717, 1.165) is 18.4 Å². The molecule has 1 aliphatic rings. The maximum absolute atomic E-state index is 12.2. The summed E-state index contributed by atoms with van der Waals surface area (Å²) < 4.78 is 5.28. The minimum Gasteiger partial charge on any atom is -0.478 e. The third-order valence-electron chi connectivity index (χ3n) is 3.36. The fourth-order valence-corrected chi connectivity index (χ4v) is 2.47. The Bertz CT molecular complexity index is 513. The first-order valence-corrected chi connectivity index (χ1v) is 6.88. The number of aromatic carboxylic acids is 1. The summed E-state index contributed by atoms with van der Waals surface area (Å²) in [4.78, 5) is 25.0. The Hall–Kier alpha value is -1.88. The molecule has 1 N–H and O–H groups in total. The maximum Gasteiger partial charge on any atom is 0.336 e. The number of rotatable bonds is 5. The summed E-state index contributed by atoms with van der Waals surface area (Å²) in [5.74, 6) is -1.06. The highest BCUT2D eigenvalue weighted by atomic mass is 16.5. The number of hydrogen-bond acceptors (Lipinski definition) is 3. The van der Waals surface area contributed by atoms with Crippen molar-refractivity contribution in [3.05, 3.63) is 29.3 Å². The van der Waals surface area contributed by atoms with Gasteiger partial charge in [0.1, 0.15) is 6.61 Å². The number of anilines is 1. The van der Waals surface area contributed by atoms with E-state index in [1.165, 1.54) is 0 Å². The van der Waals surface area contributed by atoms with Crippen LogP contribution in [0.2, 0.25) is 0 Å². The first-order valence-electron chi connectivity index (χ1n) is 6.88. The smallest absolute Gasteiger partial charge is 0.336 e. The number of carbonyl (C=O) groups excluding carboxylic acids is 1. The van der Waals surface area contributed by atoms with Gasteiger partial charge in [-0.15, -0.1) is 0 Å². The molecule has 5 nitrogen and oxygen atoms in total. The Morgan fingerprint density at radius 1 is 1.40 bits per heavy atom. The summed E-state index contributed by atoms with van der Waals surface area (Å²) in [6.45, 7) is 3.20. The average molecular weight is 277 g/mol. The molecule has 1 amide bonds. The van der Waals surface area contributed by atoms with Gasteiger partial charge in [-0.2, -0.15) is 0 Å². The van der Waals surface area contributed by atoms with Crippen LogP contribution in [0.25, 0.3) is 0 Å². The molecule has 0 spiro atoms. The molecular weight excluding hydrogens is 258 g/mol. The molecule has 5 heteroatoms. The highest BCUT2D eigenvalue weighted by Gasteiger charge is 2.25. The molecular formula is C15H19NO4. The molecule has 0 radical (unpaired) electrons. The molecule has 0 unspecified atom stereocenters. The van der Waals surface area contributed by atoms with E-state index >= 15 is 0 Å². The van der Waals surface area contributed by atoms with Crippen LogP contribution in [0, 0.1) is 0 Å². The molecule has 0 aromatic heterocycles. The molecule has 2 rings (SSSR count). The summed E-state index contributed by atoms with van der Waals surface area (Å²) >= 11 is 0. The first-order chi connectivity index (χ1) is 9.65. The van der Waals surface area contributed by atoms with Crippen molar-refractivity contribution in [2.24, 2.45) is 0 Å². The fraction of sp³-hybridized carbons (Fsp3) is 0.467. The number of carboxylic acid groups (broad SMARTS) is 1. The minimum atomic E-state index is -0.946. The van der Waals surface area contributed by atoms with E-state index in [9.17, 15) is 14.7 Å². The van der Waals surface area contributed by atoms with E-state index in [0.29, 0.717) is 25.3 Å². The van der Waals surface area contributed by atoms with Crippen LogP contribution in [-0.2, 0) is 16.0 Å². The topological polar surface area (TPSA) is 66.8 Å². The van der Waals surface area contributed by atoms with Crippen LogP contribution in [0.4, 0.5) is 5.69 Å². The summed E-state index contributed by atoms with van der Waals surface area (Å²) in [6.07, 6.45) is 2.33. The van der Waals surface area contributed by atoms with Crippen molar-refractivity contribution >= 4 is 17.6 Å². The van der Waals surface area contributed by atoms with Crippen LogP contribution in [0.5, 0.6) is 0 Å². The normalized spacial score (nSPS) is 13.9. The van der Waals surface area contributed by atoms with Crippen LogP contribution in [0.1, 0.15) is 35.7 Å². The highest BCUT2D eigenvalue weighted by Crippen LogP contribution is 2.30. The molecule has 0 aliphatic carbocycles. The number of hydrogen-bond donors (Lipinski definition) is 1. The number of ether oxygens (including phenoxy) is 1. The molecule has 1 heterocycles. The van der Waals surface area contributed by atoms with Gasteiger partial charge in [0.2, 0.25) is 0 Å². The molecule has 108 valence electrons. The van der Waals surface area contributed by atoms with Gasteiger partial charge in [0.25, 0.3) is 5.91 Å². The van der Waals surface area contributed by atoms with Crippen molar-refractivity contribution < 1.29 is 19.4 Å². The molecule has 0 saturated carbocycles. The van der Waals surface area contributed by atoms with Gasteiger partial charge in [-0.25, -0.2) is 4.79 Å². The fourth-order valence-electron chi connectivity index (χ4n) is 2.47. The van der Waals surface area contributed by atoms with Gasteiger partial charge < -0.3 is 14.7 Å². The Kier molecular flexibility index (Phi) is 4.74. The Morgan fingerprint density at radius 2 is 2.20 bits per heavy atom. The lowest BCUT2D eigenvalue weighted by Gasteiger charge is -2.30. The molecule has 0 bridgehead atoms. The van der Waals surface area contributed by atoms with Gasteiger partial charge in [0, 0.05) is 18.8 Å². The van der Waals surface area contributed by atoms with Gasteiger partial charge in [0.05, 0.1) is 5.56 Å². The van der Waals surface area contributed by atoms with Crippen molar-refractivity contribution in [3.8, 4) is 0 Å². The van der Waals surface area contributed by atoms with Gasteiger partial charge in [-0.1, -0.05) is 13.0 Å². The molecule has 0 saturated heterocycles. The lowest BCUT2D eigenvalue weighted by atomic mass is 9.96. The number of carbonyl (C=O) groups is 2. The van der Waals surface area contributed by atoms with Gasteiger partial charge in [-0.05, 0) is 37.0 Å². The zero-order valence-corrected chi connectivity index (χ0v) is 11.6. The monoisotopic (exact) mass is 277 g/mol. The van der Waals surface area contributed by atoms with Crippen molar-refractivity contribution in [3.63, 3.8) is 0 Å². The number of benzene rings is 1. The van der Waals surface area contributed by atoms with Crippen LogP contribution < -0.4 is 4.90 Å². The van der Waals surface area contributed by atoms with Crippen molar-refractivity contribution in [1.82, 2.24) is 0 Å². The maximum atomic E-state index is 12.2. The van der Waals surface area contributed by atoms with Crippen molar-refractivity contribution in [2.75, 3.05) is 24.7 Å². The van der Waals surface area contributed by atoms with Crippen molar-refractivity contribution in [1.29, 1.82) is 0 Å². The average Bonchev–Trinajstić information content (AvgIpc) is 2.46. The number of amides is 1. The second-order valence-corrected chi connectivity index (χ2v) is 4.81. The Balaban J connectivity index is 2.22. The molecule has 0 atom stereocenters. The van der Waals surface area contributed by atoms with Crippen LogP contribution in [0.15, 0.2) is 18.2 Å². The quantitative estimate of drug-likeness (QED) is 0.837. The predicted molar refractivity (Wildman–Crippen MR) is 75.2 cm³/mol. The number of carboxylic acids is 1. The van der Waals surface area contributed by atoms with E-state index in [1.807, 2.05) is 6.92 Å². The molecule has 1 aliphatic heterocycles. The molecule has 0 fully saturated rings. The van der Waals surface area contributed by atoms with E-state index < -0.39 is 5.97 Å². The van der Waals surface area contributed by atoms with Gasteiger partial charge in [-0.3, -0.25) is 4.79 Å². The second kappa shape index (κ2) is 6.52. The second-order valence-electron chi connectivity index (χ2n) is 4.81. The summed E-state index contributed by atoms with van der Waals surface area (Å²) in [5, 5.41) is 9.21. The highest BCUT2D eigenvalue weighted by molar-refractivity contribution is 5.98. The van der Waals surface area contributed by atoms with Gasteiger partial charge in [0.15, 0.2) is 0 Å². The third kappa shape index (κ3) is 2.99. The predicted octanol–water partition coefficient (Wildman–Crippen LogP) is 2.09. The number of nitrogens with zero attached hydrogens (tertiary/aromatic N) is 1. The lowest BCUT2D eigenvalue weighted by molar-refractivity contribution is -0.123. The van der Waals surface area contributed by atoms with Crippen molar-refractivity contribution in [2.45, 2.75) is 26.2 Å². The van der Waals surface area contributed by atoms with E-state index in [-0.39, 0.29) is 18.1 Å². The Morgan fingerprint density at radius 3 is 2.90 bits per heavy atom. The van der Waals surface area contributed by atoms with Crippen LogP contribution >= 0.6 is 0 Å². The molecule has 1 aromatic rings. The standard InChI is InChI=1S/C15H19NO4/c1-2-9-20-10-14(17)16-8-4-6-11-12(15(18)19)5-3-7-13(11)16/h3,5,7H,2,4,6,8-10H2,1H3,(H,18,19). The molecule has 1 aromatic carbocycles. The number of fused-ring (bicyclic) bond motifs is 1. The van der Waals surface area contributed by atoms with E-state index in [4.69, 9.17) is 4.74 Å². The van der Waals surface area contributed by atoms with Gasteiger partial charge >= 0.3 is 5.97 Å². The Labute approximate surface area is 118 Å². The summed E-state index contributed by atoms with van der Waals surface area (Å²) in [7, 11) is 0. The zero-order chi connectivity index (χ0) is 14.5. The van der Waals surface area contributed by atoms with E-state index in [1.54, 1.807) is 23.1 Å². The van der Waals surface area contributed by atoms with Crippen LogP contribution in [0.3, 0.4) is 0 Å². The lowest BCUT2D eigenvalue weighted by Crippen LogP contribution is -2.38. The minimum absolute atomic E-state index is 0.0462. The summed E-state index contributed by atoms with van der Waals surface area (Å²) in [5.41, 5.74) is 1.74. The van der Waals surface area contributed by atoms with E-state index in [2.05, 4.69) is 0 Å². The largest absolute Gasteiger partial charge is 0.478 e. The SMILES string of the molecule is CCCOCC(=O)N1CCCc2c(C(=O)O)cccc21. The third-order valence-corrected chi connectivity index (χ3v) is 3.36. The summed E-state index contributed by atoms with van der Waals surface area (Å²) in [6, 6.07) is 5.07. The molecule has 20 heavy (non-hydrogen) atoms. The zero-order valence-electron chi connectivity index (χ0n) is 11.6. The van der Waals surface area contributed by atoms with Crippen LogP contribution in [-0.4, -0.2) is 36.7 Å². The first kappa shape index (κ1) is 14.5.